The average Bonchev–Trinajstić information content (AvgIpc) is 2.99. The van der Waals surface area contributed by atoms with Crippen LogP contribution in [-0.4, -0.2) is 72.9 Å². The Balaban J connectivity index is 0.00000387. The van der Waals surface area contributed by atoms with E-state index in [1.54, 1.807) is 18.2 Å². The SMILES string of the molecule is Cc1cccc(C)c1-c1cc2nc(n1)NS(=O)(=O)c1cccc(c1)C(=O)N1C[C@@H](CN(C)C[C@@H]1CC(C)(C)C)O2.[HH]. The molecular formula is C30H39N5O4S. The summed E-state index contributed by atoms with van der Waals surface area (Å²) in [6.45, 7) is 12.0. The topological polar surface area (TPSA) is 105 Å². The van der Waals surface area contributed by atoms with Gasteiger partial charge in [0.2, 0.25) is 11.8 Å². The molecule has 0 aliphatic carbocycles. The van der Waals surface area contributed by atoms with Crippen LogP contribution >= 0.6 is 0 Å². The summed E-state index contributed by atoms with van der Waals surface area (Å²) >= 11 is 0. The van der Waals surface area contributed by atoms with Crippen molar-refractivity contribution in [3.63, 3.8) is 0 Å². The van der Waals surface area contributed by atoms with Crippen molar-refractivity contribution in [1.82, 2.24) is 19.8 Å². The number of aromatic nitrogens is 2. The van der Waals surface area contributed by atoms with E-state index in [1.165, 1.54) is 12.1 Å². The Bertz CT molecular complexity index is 1540. The molecule has 2 atom stereocenters. The molecule has 0 saturated carbocycles. The molecule has 0 unspecified atom stereocenters. The third-order valence-corrected chi connectivity index (χ3v) is 8.66. The lowest BCUT2D eigenvalue weighted by molar-refractivity contribution is 0.0558. The molecule has 40 heavy (non-hydrogen) atoms. The molecule has 1 saturated heterocycles. The number of benzene rings is 2. The number of carbonyl (C=O) groups is 1. The molecule has 2 aromatic carbocycles. The Morgan fingerprint density at radius 3 is 2.42 bits per heavy atom. The van der Waals surface area contributed by atoms with Crippen LogP contribution in [0.25, 0.3) is 11.3 Å². The Morgan fingerprint density at radius 1 is 1.02 bits per heavy atom. The normalized spacial score (nSPS) is 21.2. The number of hydrogen-bond acceptors (Lipinski definition) is 7. The quantitative estimate of drug-likeness (QED) is 0.478. The first kappa shape index (κ1) is 28.0. The van der Waals surface area contributed by atoms with Gasteiger partial charge in [-0.05, 0) is 62.1 Å². The Morgan fingerprint density at radius 2 is 1.73 bits per heavy atom. The second-order valence-corrected chi connectivity index (χ2v) is 13.8. The molecule has 2 aliphatic rings. The number of sulfonamides is 1. The van der Waals surface area contributed by atoms with E-state index in [9.17, 15) is 13.2 Å². The number of likely N-dealkylation sites (N-methyl/N-ethyl adjacent to an activating group) is 1. The van der Waals surface area contributed by atoms with Crippen molar-refractivity contribution >= 4 is 21.9 Å². The van der Waals surface area contributed by atoms with Crippen LogP contribution in [0, 0.1) is 19.3 Å². The number of nitrogens with one attached hydrogen (secondary N) is 1. The maximum Gasteiger partial charge on any atom is 0.264 e. The zero-order valence-corrected chi connectivity index (χ0v) is 24.7. The molecule has 5 rings (SSSR count). The van der Waals surface area contributed by atoms with Gasteiger partial charge in [-0.2, -0.15) is 4.98 Å². The molecule has 10 heteroatoms. The van der Waals surface area contributed by atoms with Gasteiger partial charge in [0, 0.05) is 37.8 Å². The average molecular weight is 566 g/mol. The fraction of sp³-hybridized carbons (Fsp3) is 0.433. The number of hydrogen-bond donors (Lipinski definition) is 1. The van der Waals surface area contributed by atoms with Crippen LogP contribution in [0.4, 0.5) is 5.95 Å². The van der Waals surface area contributed by atoms with E-state index in [2.05, 4.69) is 40.4 Å². The lowest BCUT2D eigenvalue weighted by atomic mass is 9.87. The highest BCUT2D eigenvalue weighted by molar-refractivity contribution is 7.92. The summed E-state index contributed by atoms with van der Waals surface area (Å²) in [5, 5.41) is 0. The summed E-state index contributed by atoms with van der Waals surface area (Å²) in [6.07, 6.45) is 0.386. The van der Waals surface area contributed by atoms with Gasteiger partial charge in [0.05, 0.1) is 17.1 Å². The number of ether oxygens (including phenoxy) is 1. The van der Waals surface area contributed by atoms with Gasteiger partial charge in [-0.3, -0.25) is 4.79 Å². The maximum atomic E-state index is 14.0. The number of rotatable bonds is 2. The van der Waals surface area contributed by atoms with Crippen molar-refractivity contribution in [3.8, 4) is 17.1 Å². The molecule has 3 heterocycles. The minimum Gasteiger partial charge on any atom is -0.471 e. The van der Waals surface area contributed by atoms with Crippen molar-refractivity contribution in [2.45, 2.75) is 58.1 Å². The van der Waals surface area contributed by atoms with Crippen LogP contribution in [0.3, 0.4) is 0 Å². The van der Waals surface area contributed by atoms with Crippen LogP contribution in [0.2, 0.25) is 0 Å². The molecule has 2 aliphatic heterocycles. The monoisotopic (exact) mass is 565 g/mol. The van der Waals surface area contributed by atoms with Crippen molar-refractivity contribution in [1.29, 1.82) is 0 Å². The molecule has 9 nitrogen and oxygen atoms in total. The molecule has 214 valence electrons. The highest BCUT2D eigenvalue weighted by Gasteiger charge is 2.36. The zero-order valence-electron chi connectivity index (χ0n) is 23.9. The van der Waals surface area contributed by atoms with Gasteiger partial charge in [0.15, 0.2) is 0 Å². The molecular weight excluding hydrogens is 526 g/mol. The van der Waals surface area contributed by atoms with Gasteiger partial charge in [-0.1, -0.05) is 45.0 Å². The number of anilines is 1. The van der Waals surface area contributed by atoms with Gasteiger partial charge in [0.1, 0.15) is 6.10 Å². The molecule has 3 aromatic rings. The fourth-order valence-electron chi connectivity index (χ4n) is 5.70. The standard InChI is InChI=1S/C30H37N5O4S.H2/c1-19-9-7-10-20(2)27(19)25-14-26-32-29(31-25)33-40(37,38)24-12-8-11-21(13-24)28(36)35-18-23(39-26)17-34(6)16-22(35)15-30(3,4)5;/h7-14,22-23H,15-18H2,1-6H3,(H,31,32,33);1H/t22-,23+;/m0./s1. The van der Waals surface area contributed by atoms with Gasteiger partial charge in [0.25, 0.3) is 15.9 Å². The van der Waals surface area contributed by atoms with Crippen LogP contribution in [0.15, 0.2) is 53.4 Å². The van der Waals surface area contributed by atoms with Gasteiger partial charge in [-0.15, -0.1) is 0 Å². The van der Waals surface area contributed by atoms with Crippen LogP contribution < -0.4 is 9.46 Å². The van der Waals surface area contributed by atoms with Gasteiger partial charge >= 0.3 is 0 Å². The summed E-state index contributed by atoms with van der Waals surface area (Å²) in [4.78, 5) is 27.1. The highest BCUT2D eigenvalue weighted by Crippen LogP contribution is 2.32. The van der Waals surface area contributed by atoms with Gasteiger partial charge < -0.3 is 14.5 Å². The summed E-state index contributed by atoms with van der Waals surface area (Å²) in [5.74, 6) is -0.0598. The molecule has 1 amide bonds. The molecule has 1 fully saturated rings. The smallest absolute Gasteiger partial charge is 0.264 e. The predicted molar refractivity (Wildman–Crippen MR) is 157 cm³/mol. The van der Waals surface area contributed by atoms with Crippen molar-refractivity contribution in [2.75, 3.05) is 31.4 Å². The van der Waals surface area contributed by atoms with Crippen LogP contribution in [-0.2, 0) is 10.0 Å². The fourth-order valence-corrected chi connectivity index (χ4v) is 6.69. The number of aryl methyl sites for hydroxylation is 2. The zero-order chi connectivity index (χ0) is 28.8. The third kappa shape index (κ3) is 5.97. The number of amides is 1. The minimum absolute atomic E-state index is 0. The maximum absolute atomic E-state index is 14.0. The largest absolute Gasteiger partial charge is 0.471 e. The minimum atomic E-state index is -4.09. The van der Waals surface area contributed by atoms with Crippen LogP contribution in [0.5, 0.6) is 5.88 Å². The van der Waals surface area contributed by atoms with E-state index in [-0.39, 0.29) is 35.5 Å². The van der Waals surface area contributed by atoms with Gasteiger partial charge in [-0.25, -0.2) is 18.1 Å². The van der Waals surface area contributed by atoms with Crippen molar-refractivity contribution in [2.24, 2.45) is 5.41 Å². The Hall–Kier alpha value is -3.50. The van der Waals surface area contributed by atoms with Crippen LogP contribution in [0.1, 0.15) is 50.1 Å². The molecule has 1 N–H and O–H groups in total. The summed E-state index contributed by atoms with van der Waals surface area (Å²) in [6, 6.07) is 13.8. The second-order valence-electron chi connectivity index (χ2n) is 12.2. The lowest BCUT2D eigenvalue weighted by Crippen LogP contribution is -2.47. The molecule has 0 spiro atoms. The molecule has 0 radical (unpaired) electrons. The van der Waals surface area contributed by atoms with E-state index in [4.69, 9.17) is 4.74 Å². The number of nitrogens with zero attached hydrogens (tertiary/aromatic N) is 4. The predicted octanol–water partition coefficient (Wildman–Crippen LogP) is 4.76. The third-order valence-electron chi connectivity index (χ3n) is 7.33. The Labute approximate surface area is 238 Å². The molecule has 6 bridgehead atoms. The summed E-state index contributed by atoms with van der Waals surface area (Å²) in [5.41, 5.74) is 3.74. The molecule has 1 aromatic heterocycles. The van der Waals surface area contributed by atoms with E-state index >= 15 is 0 Å². The van der Waals surface area contributed by atoms with E-state index in [0.717, 1.165) is 23.1 Å². The van der Waals surface area contributed by atoms with E-state index in [1.807, 2.05) is 44.0 Å². The second kappa shape index (κ2) is 10.5. The van der Waals surface area contributed by atoms with E-state index < -0.39 is 16.1 Å². The lowest BCUT2D eigenvalue weighted by Gasteiger charge is -2.35. The first-order valence-corrected chi connectivity index (χ1v) is 15.0. The first-order valence-electron chi connectivity index (χ1n) is 13.5. The number of carbonyl (C=O) groups excluding carboxylic acids is 1. The summed E-state index contributed by atoms with van der Waals surface area (Å²) in [7, 11) is -2.06. The first-order chi connectivity index (χ1) is 18.8. The van der Waals surface area contributed by atoms with Crippen molar-refractivity contribution < 1.29 is 19.4 Å². The van der Waals surface area contributed by atoms with E-state index in [0.29, 0.717) is 30.9 Å². The number of fused-ring (bicyclic) bond motifs is 6. The highest BCUT2D eigenvalue weighted by atomic mass is 32.2. The Kier molecular flexibility index (Phi) is 7.35. The van der Waals surface area contributed by atoms with Crippen molar-refractivity contribution in [3.05, 3.63) is 65.2 Å². The summed E-state index contributed by atoms with van der Waals surface area (Å²) < 4.78 is 35.9.